The Morgan fingerprint density at radius 1 is 0.139 bits per heavy atom. The average molecular weight is 1510 g/mol. The van der Waals surface area contributed by atoms with Crippen LogP contribution in [0.1, 0.15) is 0 Å². The van der Waals surface area contributed by atoms with Gasteiger partial charge in [-0.25, -0.2) is 0 Å². The molecule has 3 heterocycles. The van der Waals surface area contributed by atoms with Crippen molar-refractivity contribution in [2.24, 2.45) is 0 Å². The zero-order valence-electron chi connectivity index (χ0n) is 62.6. The lowest BCUT2D eigenvalue weighted by Crippen LogP contribution is -2.10. The van der Waals surface area contributed by atoms with Crippen LogP contribution in [-0.2, 0) is 0 Å². The lowest BCUT2D eigenvalue weighted by Gasteiger charge is -2.26. The molecule has 21 rings (SSSR count). The predicted octanol–water partition coefficient (Wildman–Crippen LogP) is 32.2. The monoisotopic (exact) mass is 1500 g/mol. The summed E-state index contributed by atoms with van der Waals surface area (Å²) in [5.74, 6) is 0. The first-order chi connectivity index (χ1) is 56.9. The van der Waals surface area contributed by atoms with Gasteiger partial charge in [0, 0.05) is 125 Å². The van der Waals surface area contributed by atoms with Gasteiger partial charge in [-0.1, -0.05) is 249 Å². The maximum Gasteiger partial charge on any atom is 0.137 e. The molecule has 3 aromatic heterocycles. The molecule has 0 saturated carbocycles. The van der Waals surface area contributed by atoms with Crippen molar-refractivity contribution in [3.8, 4) is 66.8 Å². The second kappa shape index (κ2) is 29.6. The molecular formula is C108H72N4OS2. The Bertz CT molecular complexity index is 7090. The summed E-state index contributed by atoms with van der Waals surface area (Å²) in [6.45, 7) is 0. The van der Waals surface area contributed by atoms with E-state index in [1.165, 1.54) is 73.7 Å². The van der Waals surface area contributed by atoms with Crippen molar-refractivity contribution in [3.63, 3.8) is 0 Å². The molecule has 115 heavy (non-hydrogen) atoms. The number of thiophene rings is 2. The van der Waals surface area contributed by atoms with Gasteiger partial charge >= 0.3 is 0 Å². The van der Waals surface area contributed by atoms with Crippen LogP contribution in [0.5, 0.6) is 0 Å². The third-order valence-corrected chi connectivity index (χ3v) is 24.6. The Hall–Kier alpha value is -14.6. The van der Waals surface area contributed by atoms with E-state index < -0.39 is 0 Å². The van der Waals surface area contributed by atoms with Crippen molar-refractivity contribution in [1.29, 1.82) is 0 Å². The van der Waals surface area contributed by atoms with Crippen LogP contribution in [0.25, 0.3) is 129 Å². The van der Waals surface area contributed by atoms with Gasteiger partial charge < -0.3 is 24.0 Å². The van der Waals surface area contributed by atoms with E-state index in [-0.39, 0.29) is 0 Å². The molecule has 18 aromatic carbocycles. The summed E-state index contributed by atoms with van der Waals surface area (Å²) in [6, 6.07) is 159. The molecule has 0 aliphatic rings. The van der Waals surface area contributed by atoms with Gasteiger partial charge in [-0.3, -0.25) is 0 Å². The lowest BCUT2D eigenvalue weighted by molar-refractivity contribution is 0.669. The number of rotatable bonds is 18. The third kappa shape index (κ3) is 13.2. The maximum atomic E-state index is 6.45. The van der Waals surface area contributed by atoms with Gasteiger partial charge in [-0.2, -0.15) is 0 Å². The van der Waals surface area contributed by atoms with Crippen molar-refractivity contribution in [1.82, 2.24) is 0 Å². The number of anilines is 12. The van der Waals surface area contributed by atoms with Crippen LogP contribution in [0.2, 0.25) is 0 Å². The van der Waals surface area contributed by atoms with Crippen molar-refractivity contribution in [2.75, 3.05) is 19.6 Å². The van der Waals surface area contributed by atoms with Gasteiger partial charge in [-0.15, -0.1) is 22.7 Å². The summed E-state index contributed by atoms with van der Waals surface area (Å²) in [4.78, 5) is 9.40. The maximum absolute atomic E-state index is 6.45. The first kappa shape index (κ1) is 68.4. The van der Waals surface area contributed by atoms with Crippen LogP contribution >= 0.6 is 22.7 Å². The van der Waals surface area contributed by atoms with Crippen molar-refractivity contribution >= 4 is 153 Å². The van der Waals surface area contributed by atoms with Gasteiger partial charge in [0.25, 0.3) is 0 Å². The van der Waals surface area contributed by atoms with E-state index in [4.69, 9.17) is 4.42 Å². The first-order valence-electron chi connectivity index (χ1n) is 39.0. The molecule has 0 spiro atoms. The molecular weight excluding hydrogens is 1430 g/mol. The molecule has 542 valence electrons. The van der Waals surface area contributed by atoms with Gasteiger partial charge in [0.2, 0.25) is 0 Å². The van der Waals surface area contributed by atoms with E-state index in [0.717, 1.165) is 124 Å². The summed E-state index contributed by atoms with van der Waals surface area (Å²) in [5.41, 5.74) is 28.6. The molecule has 21 aromatic rings. The number of benzene rings is 18. The third-order valence-electron chi connectivity index (χ3n) is 22.3. The number of furan rings is 1. The quantitative estimate of drug-likeness (QED) is 0.0853. The fraction of sp³-hybridized carbons (Fsp3) is 0. The highest BCUT2D eigenvalue weighted by molar-refractivity contribution is 7.26. The molecule has 0 fully saturated rings. The van der Waals surface area contributed by atoms with Gasteiger partial charge in [0.05, 0.1) is 0 Å². The summed E-state index contributed by atoms with van der Waals surface area (Å²) < 4.78 is 11.6. The van der Waals surface area contributed by atoms with Crippen LogP contribution in [-0.4, -0.2) is 0 Å². The highest BCUT2D eigenvalue weighted by atomic mass is 32.1. The summed E-state index contributed by atoms with van der Waals surface area (Å²) in [5, 5.41) is 7.29. The Morgan fingerprint density at radius 3 is 0.887 bits per heavy atom. The molecule has 0 bridgehead atoms. The zero-order valence-corrected chi connectivity index (χ0v) is 64.2. The minimum absolute atomic E-state index is 0.855. The lowest BCUT2D eigenvalue weighted by atomic mass is 9.97. The SMILES string of the molecule is c1ccc(-c2ccc(N(c3ccc(-c4ccc(N(c5ccc(-c6ccccc6)cc5)c5ccc6c(c5)oc5ccccc56)cc4)cc3)c3ccc(-c4cccc(-c5ccc6sc7cc(N(c8ccccc8)c8ccc(-c9ccc(N(c%10ccccc%10)c%10ccc%11sc%12ccccc%12c%11c%10)cc9)cc8)ccc7c6c5)c4)cc3)cc2)cc1. The summed E-state index contributed by atoms with van der Waals surface area (Å²) in [7, 11) is 0. The minimum atomic E-state index is 0.855. The van der Waals surface area contributed by atoms with Crippen molar-refractivity contribution in [2.45, 2.75) is 0 Å². The second-order valence-corrected chi connectivity index (χ2v) is 31.4. The van der Waals surface area contributed by atoms with E-state index >= 15 is 0 Å². The topological polar surface area (TPSA) is 26.1 Å². The standard InChI is InChI=1S/C108H72N4OS2/c1-5-18-73(19-6-1)75-32-47-87(48-33-75)109(88-49-36-77(37-50-88)80-42-57-93(58-43-80)112(92-51-34-76(35-52-92)74-20-7-2-8-21-74)95-61-64-98-97-28-13-15-30-103(97)113-104(98)71-95)89-59-44-81(45-60-89)82-22-17-23-83(68-82)84-46-66-106-101(69-84)100-65-62-96(72-108(100)115-106)111(86-26-11-4-12-27-86)91-55-40-79(41-56-91)78-38-53-90(54-39-78)110(85-24-9-3-10-25-85)94-63-67-107-102(70-94)99-29-14-16-31-105(99)114-107/h1-72H. The van der Waals surface area contributed by atoms with Gasteiger partial charge in [-0.05, 0) is 249 Å². The normalized spacial score (nSPS) is 11.5. The van der Waals surface area contributed by atoms with Crippen LogP contribution in [0, 0.1) is 0 Å². The minimum Gasteiger partial charge on any atom is -0.456 e. The molecule has 5 nitrogen and oxygen atoms in total. The molecule has 0 aliphatic carbocycles. The van der Waals surface area contributed by atoms with E-state index in [2.05, 4.69) is 444 Å². The number of para-hydroxylation sites is 3. The Kier molecular flexibility index (Phi) is 17.6. The molecule has 0 atom stereocenters. The van der Waals surface area contributed by atoms with Gasteiger partial charge in [0.1, 0.15) is 11.2 Å². The van der Waals surface area contributed by atoms with E-state index in [0.29, 0.717) is 0 Å². The Morgan fingerprint density at radius 2 is 0.409 bits per heavy atom. The van der Waals surface area contributed by atoms with E-state index in [1.54, 1.807) is 0 Å². The highest BCUT2D eigenvalue weighted by Crippen LogP contribution is 2.47. The molecule has 0 radical (unpaired) electrons. The largest absolute Gasteiger partial charge is 0.456 e. The fourth-order valence-corrected chi connectivity index (χ4v) is 18.7. The van der Waals surface area contributed by atoms with Crippen molar-refractivity contribution < 1.29 is 4.42 Å². The molecule has 0 aliphatic heterocycles. The number of nitrogens with zero attached hydrogens (tertiary/aromatic N) is 4. The van der Waals surface area contributed by atoms with Crippen LogP contribution in [0.15, 0.2) is 441 Å². The molecule has 7 heteroatoms. The molecule has 0 unspecified atom stereocenters. The molecule has 0 amide bonds. The fourth-order valence-electron chi connectivity index (χ4n) is 16.5. The Balaban J connectivity index is 0.545. The predicted molar refractivity (Wildman–Crippen MR) is 491 cm³/mol. The average Bonchev–Trinajstić information content (AvgIpc) is 1.61. The van der Waals surface area contributed by atoms with E-state index in [9.17, 15) is 0 Å². The summed E-state index contributed by atoms with van der Waals surface area (Å²) >= 11 is 3.70. The first-order valence-corrected chi connectivity index (χ1v) is 40.6. The second-order valence-electron chi connectivity index (χ2n) is 29.2. The number of hydrogen-bond acceptors (Lipinski definition) is 7. The number of fused-ring (bicyclic) bond motifs is 9. The molecule has 0 saturated heterocycles. The van der Waals surface area contributed by atoms with Crippen LogP contribution in [0.4, 0.5) is 68.2 Å². The Labute approximate surface area is 675 Å². The molecule has 0 N–H and O–H groups in total. The van der Waals surface area contributed by atoms with Crippen LogP contribution < -0.4 is 19.6 Å². The van der Waals surface area contributed by atoms with Crippen LogP contribution in [0.3, 0.4) is 0 Å². The zero-order chi connectivity index (χ0) is 76.1. The van der Waals surface area contributed by atoms with Gasteiger partial charge in [0.15, 0.2) is 0 Å². The smallest absolute Gasteiger partial charge is 0.137 e. The van der Waals surface area contributed by atoms with Crippen molar-refractivity contribution in [3.05, 3.63) is 437 Å². The summed E-state index contributed by atoms with van der Waals surface area (Å²) in [6.07, 6.45) is 0. The number of hydrogen-bond donors (Lipinski definition) is 0. The van der Waals surface area contributed by atoms with E-state index in [1.807, 2.05) is 34.8 Å². The highest BCUT2D eigenvalue weighted by Gasteiger charge is 2.22.